The van der Waals surface area contributed by atoms with E-state index in [1.165, 1.54) is 0 Å². The summed E-state index contributed by atoms with van der Waals surface area (Å²) in [7, 11) is 0. The lowest BCUT2D eigenvalue weighted by molar-refractivity contribution is -0.115. The Balaban J connectivity index is 2.00. The fourth-order valence-corrected chi connectivity index (χ4v) is 1.80. The van der Waals surface area contributed by atoms with Crippen LogP contribution in [0.2, 0.25) is 0 Å². The molecule has 0 bridgehead atoms. The molecule has 0 atom stereocenters. The van der Waals surface area contributed by atoms with Gasteiger partial charge in [0.2, 0.25) is 5.91 Å². The fourth-order valence-electron chi connectivity index (χ4n) is 1.80. The molecule has 1 amide bonds. The van der Waals surface area contributed by atoms with E-state index in [2.05, 4.69) is 22.1 Å². The lowest BCUT2D eigenvalue weighted by Crippen LogP contribution is -2.15. The van der Waals surface area contributed by atoms with Crippen LogP contribution in [0.4, 0.5) is 5.82 Å². The van der Waals surface area contributed by atoms with E-state index in [1.807, 2.05) is 31.2 Å². The highest BCUT2D eigenvalue weighted by molar-refractivity contribution is 5.91. The molecule has 0 radical (unpaired) electrons. The molecule has 2 rings (SSSR count). The van der Waals surface area contributed by atoms with Crippen molar-refractivity contribution in [1.82, 2.24) is 4.98 Å². The van der Waals surface area contributed by atoms with Crippen LogP contribution in [0.3, 0.4) is 0 Å². The molecule has 21 heavy (non-hydrogen) atoms. The van der Waals surface area contributed by atoms with E-state index in [0.29, 0.717) is 17.8 Å². The first-order valence-corrected chi connectivity index (χ1v) is 6.58. The van der Waals surface area contributed by atoms with Gasteiger partial charge in [-0.25, -0.2) is 4.98 Å². The fraction of sp³-hybridized carbons (Fsp3) is 0.176. The van der Waals surface area contributed by atoms with Crippen molar-refractivity contribution in [1.29, 1.82) is 0 Å². The second-order valence-corrected chi connectivity index (χ2v) is 4.60. The van der Waals surface area contributed by atoms with Crippen LogP contribution in [0, 0.1) is 18.8 Å². The molecule has 0 fully saturated rings. The van der Waals surface area contributed by atoms with Gasteiger partial charge in [-0.1, -0.05) is 41.7 Å². The lowest BCUT2D eigenvalue weighted by atomic mass is 10.1. The van der Waals surface area contributed by atoms with Gasteiger partial charge in [-0.2, -0.15) is 0 Å². The zero-order chi connectivity index (χ0) is 15.1. The highest BCUT2D eigenvalue weighted by Gasteiger charge is 2.05. The van der Waals surface area contributed by atoms with E-state index in [9.17, 15) is 4.79 Å². The summed E-state index contributed by atoms with van der Waals surface area (Å²) in [5.41, 5.74) is 2.81. The Bertz CT molecular complexity index is 682. The minimum atomic E-state index is -0.197. The van der Waals surface area contributed by atoms with Gasteiger partial charge in [-0.05, 0) is 24.6 Å². The number of aliphatic hydroxyl groups excluding tert-OH is 1. The molecule has 4 heteroatoms. The van der Waals surface area contributed by atoms with Crippen LogP contribution in [-0.4, -0.2) is 22.6 Å². The van der Waals surface area contributed by atoms with Crippen LogP contribution in [0.1, 0.15) is 16.7 Å². The Morgan fingerprint density at radius 1 is 1.29 bits per heavy atom. The predicted octanol–water partition coefficient (Wildman–Crippen LogP) is 1.92. The van der Waals surface area contributed by atoms with Crippen molar-refractivity contribution in [3.05, 3.63) is 59.3 Å². The Morgan fingerprint density at radius 3 is 2.76 bits per heavy atom. The number of aryl methyl sites for hydroxylation is 1. The number of pyridine rings is 1. The van der Waals surface area contributed by atoms with Crippen LogP contribution in [0.25, 0.3) is 0 Å². The molecule has 2 aromatic rings. The van der Waals surface area contributed by atoms with Crippen molar-refractivity contribution >= 4 is 11.7 Å². The minimum absolute atomic E-state index is 0.126. The second kappa shape index (κ2) is 7.22. The molecule has 4 nitrogen and oxygen atoms in total. The zero-order valence-corrected chi connectivity index (χ0v) is 11.8. The third-order valence-corrected chi connectivity index (χ3v) is 2.82. The minimum Gasteiger partial charge on any atom is -0.384 e. The summed E-state index contributed by atoms with van der Waals surface area (Å²) < 4.78 is 0. The van der Waals surface area contributed by atoms with Crippen LogP contribution in [0.5, 0.6) is 0 Å². The third-order valence-electron chi connectivity index (χ3n) is 2.82. The lowest BCUT2D eigenvalue weighted by Gasteiger charge is -2.05. The average molecular weight is 280 g/mol. The molecule has 0 aliphatic heterocycles. The predicted molar refractivity (Wildman–Crippen MR) is 81.7 cm³/mol. The monoisotopic (exact) mass is 280 g/mol. The van der Waals surface area contributed by atoms with Gasteiger partial charge in [0.05, 0.1) is 6.42 Å². The number of anilines is 1. The van der Waals surface area contributed by atoms with E-state index in [1.54, 1.807) is 18.3 Å². The first kappa shape index (κ1) is 14.8. The Kier molecular flexibility index (Phi) is 5.08. The molecule has 0 aliphatic rings. The Morgan fingerprint density at radius 2 is 2.05 bits per heavy atom. The molecule has 0 unspecified atom stereocenters. The van der Waals surface area contributed by atoms with Gasteiger partial charge in [-0.3, -0.25) is 4.79 Å². The Labute approximate surface area is 123 Å². The first-order chi connectivity index (χ1) is 10.2. The van der Waals surface area contributed by atoms with Crippen LogP contribution >= 0.6 is 0 Å². The van der Waals surface area contributed by atoms with E-state index in [0.717, 1.165) is 11.1 Å². The first-order valence-electron chi connectivity index (χ1n) is 6.58. The average Bonchev–Trinajstić information content (AvgIpc) is 2.48. The number of hydrogen-bond acceptors (Lipinski definition) is 3. The van der Waals surface area contributed by atoms with E-state index >= 15 is 0 Å². The maximum Gasteiger partial charge on any atom is 0.229 e. The SMILES string of the molecule is Cc1ccc(CC(=O)Nc2cc(C#CCO)ccn2)cc1. The van der Waals surface area contributed by atoms with Gasteiger partial charge in [0, 0.05) is 11.8 Å². The van der Waals surface area contributed by atoms with E-state index in [-0.39, 0.29) is 12.5 Å². The molecule has 2 N–H and O–H groups in total. The summed E-state index contributed by atoms with van der Waals surface area (Å²) in [5.74, 6) is 5.66. The number of hydrogen-bond donors (Lipinski definition) is 2. The van der Waals surface area contributed by atoms with Crippen molar-refractivity contribution in [2.45, 2.75) is 13.3 Å². The highest BCUT2D eigenvalue weighted by atomic mass is 16.2. The number of rotatable bonds is 3. The third kappa shape index (κ3) is 4.75. The molecule has 0 spiro atoms. The number of carbonyl (C=O) groups excluding carboxylic acids is 1. The van der Waals surface area contributed by atoms with Gasteiger partial charge in [0.15, 0.2) is 0 Å². The standard InChI is InChI=1S/C17H16N2O2/c1-13-4-6-15(7-5-13)12-17(21)19-16-11-14(3-2-10-20)8-9-18-16/h4-9,11,20H,10,12H2,1H3,(H,18,19,21). The molecular formula is C17H16N2O2. The number of nitrogens with one attached hydrogen (secondary N) is 1. The van der Waals surface area contributed by atoms with Crippen LogP contribution in [-0.2, 0) is 11.2 Å². The molecular weight excluding hydrogens is 264 g/mol. The molecule has 0 saturated carbocycles. The van der Waals surface area contributed by atoms with Gasteiger partial charge >= 0.3 is 0 Å². The molecule has 1 heterocycles. The van der Waals surface area contributed by atoms with Gasteiger partial charge in [0.25, 0.3) is 0 Å². The van der Waals surface area contributed by atoms with Crippen LogP contribution in [0.15, 0.2) is 42.6 Å². The van der Waals surface area contributed by atoms with Gasteiger partial charge in [0.1, 0.15) is 12.4 Å². The summed E-state index contributed by atoms with van der Waals surface area (Å²) in [6, 6.07) is 11.2. The number of aliphatic hydroxyl groups is 1. The normalized spacial score (nSPS) is 9.62. The van der Waals surface area contributed by atoms with Crippen LogP contribution < -0.4 is 5.32 Å². The number of nitrogens with zero attached hydrogens (tertiary/aromatic N) is 1. The topological polar surface area (TPSA) is 62.2 Å². The number of amides is 1. The van der Waals surface area contributed by atoms with Gasteiger partial charge in [-0.15, -0.1) is 0 Å². The summed E-state index contributed by atoms with van der Waals surface area (Å²) in [5, 5.41) is 11.4. The maximum absolute atomic E-state index is 12.0. The zero-order valence-electron chi connectivity index (χ0n) is 11.8. The Hall–Kier alpha value is -2.64. The molecule has 106 valence electrons. The van der Waals surface area contributed by atoms with Crippen molar-refractivity contribution in [3.63, 3.8) is 0 Å². The number of aromatic nitrogens is 1. The summed E-state index contributed by atoms with van der Waals surface area (Å²) in [6.45, 7) is 1.81. The molecule has 1 aromatic heterocycles. The molecule has 0 aliphatic carbocycles. The smallest absolute Gasteiger partial charge is 0.229 e. The van der Waals surface area contributed by atoms with E-state index in [4.69, 9.17) is 5.11 Å². The summed E-state index contributed by atoms with van der Waals surface area (Å²) >= 11 is 0. The van der Waals surface area contributed by atoms with Crippen molar-refractivity contribution in [2.75, 3.05) is 11.9 Å². The quantitative estimate of drug-likeness (QED) is 0.844. The van der Waals surface area contributed by atoms with E-state index < -0.39 is 0 Å². The molecule has 1 aromatic carbocycles. The number of benzene rings is 1. The van der Waals surface area contributed by atoms with Crippen molar-refractivity contribution in [2.24, 2.45) is 0 Å². The summed E-state index contributed by atoms with van der Waals surface area (Å²) in [6.07, 6.45) is 1.87. The maximum atomic E-state index is 12.0. The number of carbonyl (C=O) groups is 1. The van der Waals surface area contributed by atoms with Crippen molar-refractivity contribution in [3.8, 4) is 11.8 Å². The summed E-state index contributed by atoms with van der Waals surface area (Å²) in [4.78, 5) is 16.0. The van der Waals surface area contributed by atoms with Gasteiger partial charge < -0.3 is 10.4 Å². The molecule has 0 saturated heterocycles. The highest BCUT2D eigenvalue weighted by Crippen LogP contribution is 2.08. The van der Waals surface area contributed by atoms with Crippen molar-refractivity contribution < 1.29 is 9.90 Å². The largest absolute Gasteiger partial charge is 0.384 e. The second-order valence-electron chi connectivity index (χ2n) is 4.60.